The van der Waals surface area contributed by atoms with E-state index in [1.165, 1.54) is 18.4 Å². The zero-order chi connectivity index (χ0) is 7.03. The van der Waals surface area contributed by atoms with Crippen molar-refractivity contribution in [2.45, 2.75) is 18.3 Å². The second kappa shape index (κ2) is 2.07. The minimum absolute atomic E-state index is 0.181. The SMILES string of the molecule is OCC1(c2ccsc2)CC1. The van der Waals surface area contributed by atoms with Crippen molar-refractivity contribution in [1.82, 2.24) is 0 Å². The summed E-state index contributed by atoms with van der Waals surface area (Å²) < 4.78 is 0. The van der Waals surface area contributed by atoms with Crippen molar-refractivity contribution in [1.29, 1.82) is 0 Å². The Morgan fingerprint density at radius 1 is 1.60 bits per heavy atom. The fourth-order valence-electron chi connectivity index (χ4n) is 1.26. The first kappa shape index (κ1) is 6.38. The molecule has 0 saturated heterocycles. The molecule has 10 heavy (non-hydrogen) atoms. The maximum atomic E-state index is 9.03. The predicted octanol–water partition coefficient (Wildman–Crippen LogP) is 1.77. The molecule has 1 saturated carbocycles. The number of aliphatic hydroxyl groups is 1. The standard InChI is InChI=1S/C8H10OS/c9-6-8(2-3-8)7-1-4-10-5-7/h1,4-5,9H,2-3,6H2. The van der Waals surface area contributed by atoms with Gasteiger partial charge in [0.25, 0.3) is 0 Å². The molecule has 54 valence electrons. The molecule has 1 heterocycles. The number of aliphatic hydroxyl groups excluding tert-OH is 1. The van der Waals surface area contributed by atoms with Crippen molar-refractivity contribution in [3.63, 3.8) is 0 Å². The molecule has 0 amide bonds. The summed E-state index contributed by atoms with van der Waals surface area (Å²) >= 11 is 1.71. The molecule has 0 spiro atoms. The predicted molar refractivity (Wildman–Crippen MR) is 42.3 cm³/mol. The summed E-state index contributed by atoms with van der Waals surface area (Å²) in [4.78, 5) is 0. The van der Waals surface area contributed by atoms with Gasteiger partial charge in [-0.2, -0.15) is 11.3 Å². The van der Waals surface area contributed by atoms with Crippen LogP contribution in [0.3, 0.4) is 0 Å². The fraction of sp³-hybridized carbons (Fsp3) is 0.500. The van der Waals surface area contributed by atoms with Gasteiger partial charge in [0.2, 0.25) is 0 Å². The van der Waals surface area contributed by atoms with Crippen LogP contribution in [-0.4, -0.2) is 11.7 Å². The first-order chi connectivity index (χ1) is 4.87. The molecule has 1 N–H and O–H groups in total. The molecule has 2 rings (SSSR count). The Labute approximate surface area is 64.3 Å². The molecular formula is C8H10OS. The van der Waals surface area contributed by atoms with E-state index in [9.17, 15) is 0 Å². The minimum atomic E-state index is 0.181. The van der Waals surface area contributed by atoms with E-state index in [4.69, 9.17) is 5.11 Å². The lowest BCUT2D eigenvalue weighted by Crippen LogP contribution is -2.09. The Morgan fingerprint density at radius 3 is 2.80 bits per heavy atom. The number of rotatable bonds is 2. The van der Waals surface area contributed by atoms with Gasteiger partial charge in [0, 0.05) is 5.41 Å². The average Bonchev–Trinajstić information content (AvgIpc) is 2.58. The lowest BCUT2D eigenvalue weighted by atomic mass is 10.0. The van der Waals surface area contributed by atoms with Crippen LogP contribution in [0, 0.1) is 0 Å². The highest BCUT2D eigenvalue weighted by Gasteiger charge is 2.43. The van der Waals surface area contributed by atoms with Crippen LogP contribution in [-0.2, 0) is 5.41 Å². The van der Waals surface area contributed by atoms with Crippen LogP contribution in [0.25, 0.3) is 0 Å². The smallest absolute Gasteiger partial charge is 0.0528 e. The average molecular weight is 154 g/mol. The van der Waals surface area contributed by atoms with Gasteiger partial charge in [0.15, 0.2) is 0 Å². The van der Waals surface area contributed by atoms with Gasteiger partial charge in [-0.25, -0.2) is 0 Å². The lowest BCUT2D eigenvalue weighted by Gasteiger charge is -2.07. The molecule has 0 unspecified atom stereocenters. The van der Waals surface area contributed by atoms with Gasteiger partial charge < -0.3 is 5.11 Å². The van der Waals surface area contributed by atoms with Crippen molar-refractivity contribution in [3.8, 4) is 0 Å². The summed E-state index contributed by atoms with van der Waals surface area (Å²) in [6.45, 7) is 0.323. The summed E-state index contributed by atoms with van der Waals surface area (Å²) in [7, 11) is 0. The summed E-state index contributed by atoms with van der Waals surface area (Å²) in [6.07, 6.45) is 2.33. The molecule has 1 aliphatic carbocycles. The topological polar surface area (TPSA) is 20.2 Å². The Hall–Kier alpha value is -0.340. The highest BCUT2D eigenvalue weighted by Crippen LogP contribution is 2.48. The highest BCUT2D eigenvalue weighted by atomic mass is 32.1. The van der Waals surface area contributed by atoms with Crippen LogP contribution in [0.15, 0.2) is 16.8 Å². The third-order valence-corrected chi connectivity index (χ3v) is 2.97. The molecule has 1 aromatic rings. The monoisotopic (exact) mass is 154 g/mol. The van der Waals surface area contributed by atoms with Crippen LogP contribution >= 0.6 is 11.3 Å². The molecule has 0 atom stereocenters. The quantitative estimate of drug-likeness (QED) is 0.688. The van der Waals surface area contributed by atoms with Crippen molar-refractivity contribution in [2.24, 2.45) is 0 Å². The zero-order valence-corrected chi connectivity index (χ0v) is 6.53. The van der Waals surface area contributed by atoms with E-state index in [0.29, 0.717) is 6.61 Å². The van der Waals surface area contributed by atoms with Crippen LogP contribution in [0.1, 0.15) is 18.4 Å². The van der Waals surface area contributed by atoms with Crippen LogP contribution in [0.4, 0.5) is 0 Å². The molecule has 0 bridgehead atoms. The van der Waals surface area contributed by atoms with Gasteiger partial charge in [-0.1, -0.05) is 0 Å². The number of hydrogen-bond donors (Lipinski definition) is 1. The number of thiophene rings is 1. The van der Waals surface area contributed by atoms with E-state index >= 15 is 0 Å². The Morgan fingerprint density at radius 2 is 2.40 bits per heavy atom. The van der Waals surface area contributed by atoms with Gasteiger partial charge >= 0.3 is 0 Å². The summed E-state index contributed by atoms with van der Waals surface area (Å²) in [5, 5.41) is 13.2. The highest BCUT2D eigenvalue weighted by molar-refractivity contribution is 7.08. The minimum Gasteiger partial charge on any atom is -0.395 e. The van der Waals surface area contributed by atoms with E-state index in [1.807, 2.05) is 0 Å². The van der Waals surface area contributed by atoms with Crippen molar-refractivity contribution in [2.75, 3.05) is 6.61 Å². The largest absolute Gasteiger partial charge is 0.395 e. The Bertz CT molecular complexity index is 211. The van der Waals surface area contributed by atoms with Crippen molar-refractivity contribution >= 4 is 11.3 Å². The molecule has 1 fully saturated rings. The maximum absolute atomic E-state index is 9.03. The molecule has 0 aromatic carbocycles. The second-order valence-corrected chi connectivity index (χ2v) is 3.73. The molecular weight excluding hydrogens is 144 g/mol. The van der Waals surface area contributed by atoms with Gasteiger partial charge in [0.05, 0.1) is 6.61 Å². The van der Waals surface area contributed by atoms with Gasteiger partial charge in [-0.3, -0.25) is 0 Å². The molecule has 1 nitrogen and oxygen atoms in total. The van der Waals surface area contributed by atoms with Crippen molar-refractivity contribution in [3.05, 3.63) is 22.4 Å². The molecule has 0 aliphatic heterocycles. The molecule has 1 aliphatic rings. The first-order valence-electron chi connectivity index (χ1n) is 3.51. The first-order valence-corrected chi connectivity index (χ1v) is 4.45. The molecule has 0 radical (unpaired) electrons. The number of hydrogen-bond acceptors (Lipinski definition) is 2. The summed E-state index contributed by atoms with van der Waals surface area (Å²) in [5.74, 6) is 0. The van der Waals surface area contributed by atoms with Crippen LogP contribution in [0.5, 0.6) is 0 Å². The second-order valence-electron chi connectivity index (χ2n) is 2.95. The fourth-order valence-corrected chi connectivity index (χ4v) is 2.03. The third kappa shape index (κ3) is 0.796. The van der Waals surface area contributed by atoms with Crippen LogP contribution < -0.4 is 0 Å². The van der Waals surface area contributed by atoms with E-state index < -0.39 is 0 Å². The van der Waals surface area contributed by atoms with Gasteiger partial charge in [-0.15, -0.1) is 0 Å². The van der Waals surface area contributed by atoms with E-state index in [2.05, 4.69) is 16.8 Å². The van der Waals surface area contributed by atoms with E-state index in [1.54, 1.807) is 11.3 Å². The van der Waals surface area contributed by atoms with Crippen molar-refractivity contribution < 1.29 is 5.11 Å². The van der Waals surface area contributed by atoms with E-state index in [0.717, 1.165) is 0 Å². The van der Waals surface area contributed by atoms with E-state index in [-0.39, 0.29) is 5.41 Å². The molecule has 2 heteroatoms. The Kier molecular flexibility index (Phi) is 1.32. The summed E-state index contributed by atoms with van der Waals surface area (Å²) in [5.41, 5.74) is 1.51. The lowest BCUT2D eigenvalue weighted by molar-refractivity contribution is 0.255. The normalized spacial score (nSPS) is 20.9. The summed E-state index contributed by atoms with van der Waals surface area (Å²) in [6, 6.07) is 2.12. The Balaban J connectivity index is 2.27. The van der Waals surface area contributed by atoms with Crippen LogP contribution in [0.2, 0.25) is 0 Å². The third-order valence-electron chi connectivity index (χ3n) is 2.29. The maximum Gasteiger partial charge on any atom is 0.0528 e. The van der Waals surface area contributed by atoms with Gasteiger partial charge in [-0.05, 0) is 35.2 Å². The van der Waals surface area contributed by atoms with Gasteiger partial charge in [0.1, 0.15) is 0 Å². The zero-order valence-electron chi connectivity index (χ0n) is 5.71. The molecule has 1 aromatic heterocycles.